The maximum atomic E-state index is 12.9. The molecule has 83 heavy (non-hydrogen) atoms. The summed E-state index contributed by atoms with van der Waals surface area (Å²) in [5, 5.41) is 9.72. The van der Waals surface area contributed by atoms with Crippen LogP contribution in [0.3, 0.4) is 0 Å². The molecule has 0 rings (SSSR count). The number of carboxylic acid groups (broad SMARTS) is 1. The van der Waals surface area contributed by atoms with Crippen LogP contribution in [0.15, 0.2) is 122 Å². The van der Waals surface area contributed by atoms with Crippen molar-refractivity contribution in [1.82, 2.24) is 0 Å². The zero-order valence-corrected chi connectivity index (χ0v) is 54.1. The molecule has 2 unspecified atom stereocenters. The van der Waals surface area contributed by atoms with Crippen LogP contribution in [0.25, 0.3) is 0 Å². The molecule has 0 spiro atoms. The molecule has 0 heterocycles. The number of carbonyl (C=O) groups is 3. The first-order valence-electron chi connectivity index (χ1n) is 33.7. The molecule has 474 valence electrons. The number of allylic oxidation sites excluding steroid dienone is 20. The highest BCUT2D eigenvalue weighted by atomic mass is 16.7. The highest BCUT2D eigenvalue weighted by Gasteiger charge is 2.25. The predicted octanol–water partition coefficient (Wildman–Crippen LogP) is 20.8. The van der Waals surface area contributed by atoms with Crippen molar-refractivity contribution in [3.8, 4) is 0 Å². The number of hydrogen-bond donors (Lipinski definition) is 1. The Balaban J connectivity index is 4.06. The SMILES string of the molecule is CC/C=C\C/C=C\C/C=C\C/C=C\C/C=C\C/C=C\C/C=C\C/C=C\CCCCCCCCCCCCCCCCCCC(=O)OC(COC(=O)CCCCCCCCC/C=C\C/C=C\CCCCC)COC(OCC[N+](C)(C)C)C(=O)O. The van der Waals surface area contributed by atoms with Crippen LogP contribution in [0, 0.1) is 0 Å². The normalized spacial score (nSPS) is 13.5. The van der Waals surface area contributed by atoms with Gasteiger partial charge in [0.25, 0.3) is 6.29 Å². The van der Waals surface area contributed by atoms with E-state index in [9.17, 15) is 19.5 Å². The molecule has 0 saturated heterocycles. The number of hydrogen-bond acceptors (Lipinski definition) is 7. The summed E-state index contributed by atoms with van der Waals surface area (Å²) in [6, 6.07) is 0. The Kier molecular flexibility index (Phi) is 60.4. The van der Waals surface area contributed by atoms with Gasteiger partial charge in [-0.2, -0.15) is 0 Å². The lowest BCUT2D eigenvalue weighted by Gasteiger charge is -2.25. The lowest BCUT2D eigenvalue weighted by atomic mass is 10.0. The summed E-state index contributed by atoms with van der Waals surface area (Å²) in [4.78, 5) is 37.5. The van der Waals surface area contributed by atoms with E-state index in [4.69, 9.17) is 18.9 Å². The molecule has 0 saturated carbocycles. The van der Waals surface area contributed by atoms with E-state index in [1.807, 2.05) is 21.1 Å². The maximum absolute atomic E-state index is 12.9. The Morgan fingerprint density at radius 1 is 0.373 bits per heavy atom. The van der Waals surface area contributed by atoms with E-state index in [0.717, 1.165) is 103 Å². The number of rotatable bonds is 61. The van der Waals surface area contributed by atoms with E-state index in [-0.39, 0.29) is 32.2 Å². The van der Waals surface area contributed by atoms with E-state index in [0.29, 0.717) is 23.9 Å². The second kappa shape index (κ2) is 63.7. The number of quaternary nitrogens is 1. The zero-order chi connectivity index (χ0) is 60.5. The standard InChI is InChI=1S/C74H125NO8/c1-6-8-10-12-14-16-18-20-22-24-25-26-27-28-29-30-31-32-33-34-35-36-37-38-39-40-41-42-43-44-45-46-47-49-51-53-55-57-59-61-63-65-72(77)83-70(69-82-74(73(78)79)80-67-66-75(3,4)5)68-81-71(76)64-62-60-58-56-54-52-50-48-23-21-19-17-15-13-11-9-7-2/h8,10,14-17,20-23,25-26,28-29,31-32,34-35,37-38,70,74H,6-7,9,11-13,18-19,24,27,30,33,36,39-69H2,1-5H3/p+1/b10-8-,16-14-,17-15-,22-20-,23-21-,26-25-,29-28-,32-31-,35-34-,38-37-. The van der Waals surface area contributed by atoms with Crippen molar-refractivity contribution in [3.63, 3.8) is 0 Å². The predicted molar refractivity (Wildman–Crippen MR) is 354 cm³/mol. The average Bonchev–Trinajstić information content (AvgIpc) is 3.46. The van der Waals surface area contributed by atoms with Gasteiger partial charge in [0.15, 0.2) is 6.10 Å². The maximum Gasteiger partial charge on any atom is 0.361 e. The highest BCUT2D eigenvalue weighted by Crippen LogP contribution is 2.16. The minimum atomic E-state index is -1.52. The van der Waals surface area contributed by atoms with Crippen LogP contribution in [-0.2, 0) is 33.3 Å². The summed E-state index contributed by atoms with van der Waals surface area (Å²) in [5.41, 5.74) is 0. The zero-order valence-electron chi connectivity index (χ0n) is 54.1. The fraction of sp³-hybridized carbons (Fsp3) is 0.689. The van der Waals surface area contributed by atoms with E-state index >= 15 is 0 Å². The third-order valence-electron chi connectivity index (χ3n) is 14.2. The number of esters is 2. The Hall–Kier alpha value is -4.31. The van der Waals surface area contributed by atoms with E-state index < -0.39 is 24.3 Å². The second-order valence-electron chi connectivity index (χ2n) is 23.4. The van der Waals surface area contributed by atoms with Gasteiger partial charge in [0.05, 0.1) is 34.4 Å². The van der Waals surface area contributed by atoms with E-state index in [1.54, 1.807) is 0 Å². The van der Waals surface area contributed by atoms with Crippen molar-refractivity contribution in [2.24, 2.45) is 0 Å². The first-order valence-corrected chi connectivity index (χ1v) is 33.7. The molecule has 0 aliphatic heterocycles. The fourth-order valence-electron chi connectivity index (χ4n) is 9.06. The van der Waals surface area contributed by atoms with Crippen molar-refractivity contribution < 1.29 is 42.9 Å². The Morgan fingerprint density at radius 3 is 1.02 bits per heavy atom. The summed E-state index contributed by atoms with van der Waals surface area (Å²) < 4.78 is 22.9. The van der Waals surface area contributed by atoms with Gasteiger partial charge in [0.1, 0.15) is 13.2 Å². The average molecular weight is 1160 g/mol. The number of aliphatic carboxylic acids is 1. The summed E-state index contributed by atoms with van der Waals surface area (Å²) in [5.74, 6) is -2.01. The van der Waals surface area contributed by atoms with Crippen LogP contribution >= 0.6 is 0 Å². The topological polar surface area (TPSA) is 108 Å². The minimum Gasteiger partial charge on any atom is -0.477 e. The van der Waals surface area contributed by atoms with Crippen LogP contribution in [-0.4, -0.2) is 87.4 Å². The third-order valence-corrected chi connectivity index (χ3v) is 14.2. The van der Waals surface area contributed by atoms with Gasteiger partial charge in [-0.3, -0.25) is 9.59 Å². The molecular weight excluding hydrogens is 1030 g/mol. The van der Waals surface area contributed by atoms with Gasteiger partial charge in [-0.25, -0.2) is 4.79 Å². The fourth-order valence-corrected chi connectivity index (χ4v) is 9.06. The number of likely N-dealkylation sites (N-methyl/N-ethyl adjacent to an activating group) is 1. The van der Waals surface area contributed by atoms with Gasteiger partial charge in [0, 0.05) is 12.8 Å². The van der Waals surface area contributed by atoms with Crippen LogP contribution in [0.2, 0.25) is 0 Å². The van der Waals surface area contributed by atoms with Crippen LogP contribution in [0.1, 0.15) is 271 Å². The molecular formula is C74H126NO8+. The van der Waals surface area contributed by atoms with Crippen molar-refractivity contribution >= 4 is 17.9 Å². The summed E-state index contributed by atoms with van der Waals surface area (Å²) in [7, 11) is 5.97. The van der Waals surface area contributed by atoms with E-state index in [1.165, 1.54) is 135 Å². The monoisotopic (exact) mass is 1160 g/mol. The molecule has 0 fully saturated rings. The van der Waals surface area contributed by atoms with Gasteiger partial charge in [-0.1, -0.05) is 270 Å². The Morgan fingerprint density at radius 2 is 0.687 bits per heavy atom. The van der Waals surface area contributed by atoms with Gasteiger partial charge >= 0.3 is 17.9 Å². The molecule has 1 N–H and O–H groups in total. The molecule has 0 bridgehead atoms. The molecule has 0 aromatic heterocycles. The lowest BCUT2D eigenvalue weighted by molar-refractivity contribution is -0.870. The van der Waals surface area contributed by atoms with Gasteiger partial charge < -0.3 is 28.5 Å². The molecule has 2 atom stereocenters. The molecule has 9 heteroatoms. The third kappa shape index (κ3) is 65.1. The Labute approximate surface area is 510 Å². The van der Waals surface area contributed by atoms with Gasteiger partial charge in [-0.15, -0.1) is 0 Å². The molecule has 0 aliphatic carbocycles. The molecule has 0 aliphatic rings. The lowest BCUT2D eigenvalue weighted by Crippen LogP contribution is -2.40. The number of unbranched alkanes of at least 4 members (excludes halogenated alkanes) is 26. The van der Waals surface area contributed by atoms with Crippen LogP contribution in [0.5, 0.6) is 0 Å². The largest absolute Gasteiger partial charge is 0.477 e. The van der Waals surface area contributed by atoms with Crippen LogP contribution in [0.4, 0.5) is 0 Å². The molecule has 0 radical (unpaired) electrons. The number of nitrogens with zero attached hydrogens (tertiary/aromatic N) is 1. The van der Waals surface area contributed by atoms with Crippen molar-refractivity contribution in [2.45, 2.75) is 283 Å². The number of carboxylic acids is 1. The van der Waals surface area contributed by atoms with Crippen molar-refractivity contribution in [3.05, 3.63) is 122 Å². The molecule has 0 aromatic carbocycles. The second-order valence-corrected chi connectivity index (χ2v) is 23.4. The van der Waals surface area contributed by atoms with E-state index in [2.05, 4.69) is 135 Å². The summed E-state index contributed by atoms with van der Waals surface area (Å²) in [6.07, 6.45) is 87.3. The summed E-state index contributed by atoms with van der Waals surface area (Å²) >= 11 is 0. The van der Waals surface area contributed by atoms with Crippen molar-refractivity contribution in [2.75, 3.05) is 47.5 Å². The Bertz CT molecular complexity index is 1780. The first-order chi connectivity index (χ1) is 40.6. The van der Waals surface area contributed by atoms with Gasteiger partial charge in [0.2, 0.25) is 0 Å². The highest BCUT2D eigenvalue weighted by molar-refractivity contribution is 5.71. The first kappa shape index (κ1) is 78.7. The van der Waals surface area contributed by atoms with Crippen molar-refractivity contribution in [1.29, 1.82) is 0 Å². The molecule has 0 amide bonds. The van der Waals surface area contributed by atoms with Crippen LogP contribution < -0.4 is 0 Å². The number of ether oxygens (including phenoxy) is 4. The number of carbonyl (C=O) groups excluding carboxylic acids is 2. The van der Waals surface area contributed by atoms with Gasteiger partial charge in [-0.05, 0) is 109 Å². The summed E-state index contributed by atoms with van der Waals surface area (Å²) in [6.45, 7) is 4.73. The minimum absolute atomic E-state index is 0.183. The smallest absolute Gasteiger partial charge is 0.361 e. The molecule has 0 aromatic rings. The molecule has 9 nitrogen and oxygen atoms in total. The quantitative estimate of drug-likeness (QED) is 0.0211.